The zero-order chi connectivity index (χ0) is 10.8. The number of thiol groups is 1. The topological polar surface area (TPSA) is 25.8 Å². The van der Waals surface area contributed by atoms with Crippen molar-refractivity contribution in [3.05, 3.63) is 35.1 Å². The van der Waals surface area contributed by atoms with Gasteiger partial charge in [0.25, 0.3) is 0 Å². The number of hydrogen-bond acceptors (Lipinski definition) is 4. The number of hydrogen-bond donors (Lipinski definition) is 1. The molecular weight excluding hydrogens is 224 g/mol. The van der Waals surface area contributed by atoms with Gasteiger partial charge in [-0.3, -0.25) is 4.98 Å². The first-order valence-corrected chi connectivity index (χ1v) is 6.07. The minimum atomic E-state index is 0.243. The zero-order valence-corrected chi connectivity index (χ0v) is 10.3. The lowest BCUT2D eigenvalue weighted by Gasteiger charge is -1.98. The molecule has 0 amide bonds. The van der Waals surface area contributed by atoms with Crippen molar-refractivity contribution in [1.82, 2.24) is 9.97 Å². The lowest BCUT2D eigenvalue weighted by atomic mass is 10.3. The molecule has 0 saturated heterocycles. The summed E-state index contributed by atoms with van der Waals surface area (Å²) in [5.41, 5.74) is 2.15. The summed E-state index contributed by atoms with van der Waals surface area (Å²) in [7, 11) is 0. The van der Waals surface area contributed by atoms with Gasteiger partial charge in [0.15, 0.2) is 0 Å². The van der Waals surface area contributed by atoms with E-state index in [9.17, 15) is 0 Å². The number of rotatable bonds is 2. The van der Waals surface area contributed by atoms with Crippen LogP contribution in [0, 0.1) is 6.92 Å². The molecule has 0 radical (unpaired) electrons. The van der Waals surface area contributed by atoms with E-state index < -0.39 is 0 Å². The molecule has 2 heterocycles. The van der Waals surface area contributed by atoms with E-state index in [0.29, 0.717) is 0 Å². The van der Waals surface area contributed by atoms with Crippen LogP contribution in [0.1, 0.15) is 22.7 Å². The Labute approximate surface area is 98.8 Å². The molecule has 2 aromatic rings. The summed E-state index contributed by atoms with van der Waals surface area (Å²) < 4.78 is 0. The first-order valence-electron chi connectivity index (χ1n) is 4.74. The molecule has 0 spiro atoms. The molecular formula is C11H12N2S2. The molecule has 2 nitrogen and oxygen atoms in total. The van der Waals surface area contributed by atoms with Crippen LogP contribution in [0.3, 0.4) is 0 Å². The van der Waals surface area contributed by atoms with Crippen LogP contribution in [0.5, 0.6) is 0 Å². The maximum absolute atomic E-state index is 4.53. The number of aromatic nitrogens is 2. The average molecular weight is 236 g/mol. The standard InChI is InChI=1S/C11H12N2S2/c1-7-10(8(2)14)15-11(13-7)9-4-3-5-12-6-9/h3-6,8,14H,1-2H3. The molecule has 0 aliphatic carbocycles. The second-order valence-electron chi connectivity index (χ2n) is 3.39. The highest BCUT2D eigenvalue weighted by Gasteiger charge is 2.12. The van der Waals surface area contributed by atoms with Crippen LogP contribution in [0.25, 0.3) is 10.6 Å². The molecule has 0 N–H and O–H groups in total. The highest BCUT2D eigenvalue weighted by atomic mass is 32.1. The van der Waals surface area contributed by atoms with Gasteiger partial charge in [0.05, 0.1) is 5.69 Å². The van der Waals surface area contributed by atoms with E-state index in [4.69, 9.17) is 0 Å². The second-order valence-corrected chi connectivity index (χ2v) is 5.19. The van der Waals surface area contributed by atoms with Gasteiger partial charge in [-0.15, -0.1) is 11.3 Å². The van der Waals surface area contributed by atoms with Crippen molar-refractivity contribution < 1.29 is 0 Å². The lowest BCUT2D eigenvalue weighted by Crippen LogP contribution is -1.82. The van der Waals surface area contributed by atoms with E-state index in [1.807, 2.05) is 25.3 Å². The van der Waals surface area contributed by atoms with Crippen molar-refractivity contribution in [3.8, 4) is 10.6 Å². The Morgan fingerprint density at radius 1 is 1.47 bits per heavy atom. The molecule has 0 aliphatic heterocycles. The molecule has 1 atom stereocenters. The Morgan fingerprint density at radius 2 is 2.27 bits per heavy atom. The van der Waals surface area contributed by atoms with Gasteiger partial charge in [0.1, 0.15) is 5.01 Å². The Morgan fingerprint density at radius 3 is 2.80 bits per heavy atom. The lowest BCUT2D eigenvalue weighted by molar-refractivity contribution is 1.09. The molecule has 0 saturated carbocycles. The Kier molecular flexibility index (Phi) is 3.07. The largest absolute Gasteiger partial charge is 0.264 e. The first kappa shape index (κ1) is 10.6. The van der Waals surface area contributed by atoms with E-state index in [0.717, 1.165) is 16.3 Å². The van der Waals surface area contributed by atoms with Crippen LogP contribution in [-0.4, -0.2) is 9.97 Å². The number of pyridine rings is 1. The third-order valence-corrected chi connectivity index (χ3v) is 3.94. The van der Waals surface area contributed by atoms with Crippen LogP contribution in [0.4, 0.5) is 0 Å². The summed E-state index contributed by atoms with van der Waals surface area (Å²) in [6.45, 7) is 4.09. The summed E-state index contributed by atoms with van der Waals surface area (Å²) in [5, 5.41) is 1.27. The fraction of sp³-hybridized carbons (Fsp3) is 0.273. The smallest absolute Gasteiger partial charge is 0.125 e. The molecule has 0 aliphatic rings. The van der Waals surface area contributed by atoms with E-state index in [-0.39, 0.29) is 5.25 Å². The van der Waals surface area contributed by atoms with Crippen LogP contribution >= 0.6 is 24.0 Å². The normalized spacial score (nSPS) is 12.7. The molecule has 0 aromatic carbocycles. The van der Waals surface area contributed by atoms with Gasteiger partial charge in [-0.2, -0.15) is 12.6 Å². The predicted molar refractivity (Wildman–Crippen MR) is 67.5 cm³/mol. The summed E-state index contributed by atoms with van der Waals surface area (Å²) in [6, 6.07) is 3.95. The fourth-order valence-corrected chi connectivity index (χ4v) is 2.75. The molecule has 1 unspecified atom stereocenters. The highest BCUT2D eigenvalue weighted by molar-refractivity contribution is 7.80. The molecule has 0 bridgehead atoms. The molecule has 4 heteroatoms. The van der Waals surface area contributed by atoms with Crippen molar-refractivity contribution in [2.75, 3.05) is 0 Å². The van der Waals surface area contributed by atoms with Crippen molar-refractivity contribution in [1.29, 1.82) is 0 Å². The van der Waals surface area contributed by atoms with Crippen LogP contribution in [0.15, 0.2) is 24.5 Å². The maximum Gasteiger partial charge on any atom is 0.125 e. The molecule has 2 aromatic heterocycles. The van der Waals surface area contributed by atoms with Gasteiger partial charge in [0.2, 0.25) is 0 Å². The first-order chi connectivity index (χ1) is 7.18. The number of aryl methyl sites for hydroxylation is 1. The van der Waals surface area contributed by atoms with Gasteiger partial charge in [-0.05, 0) is 26.0 Å². The molecule has 15 heavy (non-hydrogen) atoms. The third kappa shape index (κ3) is 2.21. The fourth-order valence-electron chi connectivity index (χ4n) is 1.41. The van der Waals surface area contributed by atoms with Crippen molar-refractivity contribution in [3.63, 3.8) is 0 Å². The summed E-state index contributed by atoms with van der Waals surface area (Å²) >= 11 is 6.13. The van der Waals surface area contributed by atoms with Crippen LogP contribution in [0.2, 0.25) is 0 Å². The maximum atomic E-state index is 4.53. The van der Waals surface area contributed by atoms with Crippen molar-refractivity contribution in [2.45, 2.75) is 19.1 Å². The third-order valence-electron chi connectivity index (χ3n) is 2.12. The van der Waals surface area contributed by atoms with Crippen molar-refractivity contribution >= 4 is 24.0 Å². The summed E-state index contributed by atoms with van der Waals surface area (Å²) in [5.74, 6) is 0. The monoisotopic (exact) mass is 236 g/mol. The minimum Gasteiger partial charge on any atom is -0.264 e. The quantitative estimate of drug-likeness (QED) is 0.807. The summed E-state index contributed by atoms with van der Waals surface area (Å²) in [4.78, 5) is 9.86. The zero-order valence-electron chi connectivity index (χ0n) is 8.64. The van der Waals surface area contributed by atoms with Crippen LogP contribution in [-0.2, 0) is 0 Å². The van der Waals surface area contributed by atoms with E-state index in [1.165, 1.54) is 4.88 Å². The molecule has 2 rings (SSSR count). The van der Waals surface area contributed by atoms with Gasteiger partial charge in [0, 0.05) is 28.1 Å². The van der Waals surface area contributed by atoms with Crippen molar-refractivity contribution in [2.24, 2.45) is 0 Å². The molecule has 0 fully saturated rings. The van der Waals surface area contributed by atoms with Gasteiger partial charge < -0.3 is 0 Å². The Balaban J connectivity index is 2.43. The molecule has 78 valence electrons. The Hall–Kier alpha value is -0.870. The number of nitrogens with zero attached hydrogens (tertiary/aromatic N) is 2. The van der Waals surface area contributed by atoms with Crippen LogP contribution < -0.4 is 0 Å². The summed E-state index contributed by atoms with van der Waals surface area (Å²) in [6.07, 6.45) is 3.61. The highest BCUT2D eigenvalue weighted by Crippen LogP contribution is 2.33. The van der Waals surface area contributed by atoms with E-state index >= 15 is 0 Å². The van der Waals surface area contributed by atoms with Gasteiger partial charge in [-0.1, -0.05) is 0 Å². The number of thiazole rings is 1. The Bertz CT molecular complexity index is 449. The second kappa shape index (κ2) is 4.33. The minimum absolute atomic E-state index is 0.243. The predicted octanol–water partition coefficient (Wildman–Crippen LogP) is 3.50. The van der Waals surface area contributed by atoms with E-state index in [2.05, 4.69) is 29.5 Å². The van der Waals surface area contributed by atoms with Gasteiger partial charge >= 0.3 is 0 Å². The SMILES string of the molecule is Cc1nc(-c2cccnc2)sc1C(C)S. The van der Waals surface area contributed by atoms with Gasteiger partial charge in [-0.25, -0.2) is 4.98 Å². The van der Waals surface area contributed by atoms with E-state index in [1.54, 1.807) is 17.5 Å². The average Bonchev–Trinajstić information content (AvgIpc) is 2.62.